The predicted octanol–water partition coefficient (Wildman–Crippen LogP) is 5.94. The molecule has 33 heavy (non-hydrogen) atoms. The fourth-order valence-corrected chi connectivity index (χ4v) is 6.51. The second kappa shape index (κ2) is 8.93. The molecule has 2 aliphatic rings. The van der Waals surface area contributed by atoms with Crippen LogP contribution in [0.1, 0.15) is 56.3 Å². The topological polar surface area (TPSA) is 95.2 Å². The highest BCUT2D eigenvalue weighted by Crippen LogP contribution is 2.59. The van der Waals surface area contributed by atoms with E-state index in [0.29, 0.717) is 28.1 Å². The van der Waals surface area contributed by atoms with Crippen molar-refractivity contribution in [1.82, 2.24) is 0 Å². The highest BCUT2D eigenvalue weighted by molar-refractivity contribution is 6.38. The van der Waals surface area contributed by atoms with Crippen LogP contribution in [0, 0.1) is 34.0 Å². The second-order valence-corrected chi connectivity index (χ2v) is 10.3. The number of hydrogen-bond donors (Lipinski definition) is 2. The Kier molecular flexibility index (Phi) is 6.35. The number of nitrogens with zero attached hydrogens (tertiary/aromatic N) is 2. The lowest BCUT2D eigenvalue weighted by molar-refractivity contribution is -0.0573. The summed E-state index contributed by atoms with van der Waals surface area (Å²) in [5, 5.41) is 17.8. The van der Waals surface area contributed by atoms with Crippen molar-refractivity contribution in [2.75, 3.05) is 7.11 Å². The van der Waals surface area contributed by atoms with Gasteiger partial charge in [0.1, 0.15) is 5.84 Å². The number of nitriles is 1. The van der Waals surface area contributed by atoms with Crippen molar-refractivity contribution in [3.05, 3.63) is 58.1 Å². The molecule has 0 heterocycles. The molecule has 1 spiro atoms. The van der Waals surface area contributed by atoms with Crippen LogP contribution in [0.3, 0.4) is 0 Å². The summed E-state index contributed by atoms with van der Waals surface area (Å²) in [6.45, 7) is 6.36. The van der Waals surface area contributed by atoms with E-state index in [1.165, 1.54) is 11.1 Å². The molecule has 2 aromatic rings. The third-order valence-electron chi connectivity index (χ3n) is 7.49. The largest absolute Gasteiger partial charge is 0.383 e. The van der Waals surface area contributed by atoms with E-state index >= 15 is 0 Å². The average molecular weight is 463 g/mol. The number of aliphatic imine (C=N–C) groups is 1. The number of amidine groups is 1. The molecule has 1 fully saturated rings. The molecule has 3 atom stereocenters. The van der Waals surface area contributed by atoms with Crippen LogP contribution in [0.2, 0.25) is 5.02 Å². The Labute approximate surface area is 201 Å². The quantitative estimate of drug-likeness (QED) is 0.434. The standard InChI is InChI=1S/C27H31ClN4O/c1-15-11-27(12-16(2)24(15)33-4)13-20-6-5-19(21-7-18(14-29)8-22(28)9-21)10-23(20)25(27)32-17(3)26(30)31/h5-10,15-16,24-25H,11-13H2,1-4H3,(H3,30,31). The van der Waals surface area contributed by atoms with Gasteiger partial charge >= 0.3 is 0 Å². The third kappa shape index (κ3) is 4.30. The summed E-state index contributed by atoms with van der Waals surface area (Å²) in [5.74, 6) is 0.831. The van der Waals surface area contributed by atoms with Gasteiger partial charge in [-0.3, -0.25) is 10.4 Å². The summed E-state index contributed by atoms with van der Waals surface area (Å²) in [4.78, 5) is 5.05. The summed E-state index contributed by atoms with van der Waals surface area (Å²) >= 11 is 6.28. The van der Waals surface area contributed by atoms with Gasteiger partial charge in [0, 0.05) is 17.5 Å². The van der Waals surface area contributed by atoms with Gasteiger partial charge in [0.05, 0.1) is 29.5 Å². The molecule has 6 heteroatoms. The van der Waals surface area contributed by atoms with Crippen LogP contribution in [-0.4, -0.2) is 24.8 Å². The minimum Gasteiger partial charge on any atom is -0.383 e. The average Bonchev–Trinajstić information content (AvgIpc) is 3.04. The molecule has 2 aromatic carbocycles. The van der Waals surface area contributed by atoms with E-state index in [4.69, 9.17) is 32.5 Å². The van der Waals surface area contributed by atoms with E-state index in [1.54, 1.807) is 13.2 Å². The number of rotatable bonds is 4. The van der Waals surface area contributed by atoms with E-state index in [9.17, 15) is 5.26 Å². The molecule has 3 unspecified atom stereocenters. The van der Waals surface area contributed by atoms with Crippen LogP contribution < -0.4 is 5.73 Å². The predicted molar refractivity (Wildman–Crippen MR) is 134 cm³/mol. The Hall–Kier alpha value is -2.68. The number of benzene rings is 2. The highest BCUT2D eigenvalue weighted by Gasteiger charge is 2.52. The molecule has 0 aromatic heterocycles. The van der Waals surface area contributed by atoms with Crippen molar-refractivity contribution < 1.29 is 4.74 Å². The van der Waals surface area contributed by atoms with Gasteiger partial charge in [0.2, 0.25) is 0 Å². The minimum absolute atomic E-state index is 0.00920. The number of ether oxygens (including phenoxy) is 1. The van der Waals surface area contributed by atoms with Crippen LogP contribution in [0.15, 0.2) is 41.4 Å². The number of fused-ring (bicyclic) bond motifs is 1. The summed E-state index contributed by atoms with van der Waals surface area (Å²) in [6.07, 6.45) is 3.21. The van der Waals surface area contributed by atoms with Gasteiger partial charge in [-0.05, 0) is 84.5 Å². The molecule has 0 radical (unpaired) electrons. The molecule has 0 bridgehead atoms. The van der Waals surface area contributed by atoms with E-state index in [2.05, 4.69) is 38.1 Å². The first kappa shape index (κ1) is 23.5. The van der Waals surface area contributed by atoms with Crippen LogP contribution in [0.4, 0.5) is 0 Å². The lowest BCUT2D eigenvalue weighted by Crippen LogP contribution is -2.44. The first-order chi connectivity index (χ1) is 15.7. The maximum Gasteiger partial charge on any atom is 0.136 e. The number of halogens is 1. The Morgan fingerprint density at radius 3 is 2.48 bits per heavy atom. The number of methoxy groups -OCH3 is 1. The second-order valence-electron chi connectivity index (χ2n) is 9.89. The molecule has 3 N–H and O–H groups in total. The number of nitrogens with one attached hydrogen (secondary N) is 1. The maximum absolute atomic E-state index is 9.37. The fourth-order valence-electron chi connectivity index (χ4n) is 6.28. The Bertz CT molecular complexity index is 1150. The highest BCUT2D eigenvalue weighted by atomic mass is 35.5. The molecule has 172 valence electrons. The molecular formula is C27H31ClN4O. The summed E-state index contributed by atoms with van der Waals surface area (Å²) in [7, 11) is 1.81. The van der Waals surface area contributed by atoms with Crippen molar-refractivity contribution in [3.63, 3.8) is 0 Å². The lowest BCUT2D eigenvalue weighted by Gasteiger charge is -2.47. The van der Waals surface area contributed by atoms with Crippen molar-refractivity contribution in [2.45, 2.75) is 52.2 Å². The molecular weight excluding hydrogens is 432 g/mol. The summed E-state index contributed by atoms with van der Waals surface area (Å²) < 4.78 is 5.83. The molecule has 2 aliphatic carbocycles. The zero-order valence-electron chi connectivity index (χ0n) is 19.7. The molecule has 0 saturated heterocycles. The van der Waals surface area contributed by atoms with Crippen LogP contribution >= 0.6 is 11.6 Å². The van der Waals surface area contributed by atoms with Gasteiger partial charge in [-0.1, -0.05) is 37.6 Å². The van der Waals surface area contributed by atoms with E-state index < -0.39 is 0 Å². The molecule has 1 saturated carbocycles. The van der Waals surface area contributed by atoms with Crippen molar-refractivity contribution in [3.8, 4) is 17.2 Å². The smallest absolute Gasteiger partial charge is 0.136 e. The van der Waals surface area contributed by atoms with Gasteiger partial charge in [-0.25, -0.2) is 0 Å². The maximum atomic E-state index is 9.37. The zero-order chi connectivity index (χ0) is 23.9. The van der Waals surface area contributed by atoms with E-state index in [1.807, 2.05) is 19.1 Å². The lowest BCUT2D eigenvalue weighted by atomic mass is 9.61. The van der Waals surface area contributed by atoms with Crippen LogP contribution in [-0.2, 0) is 11.2 Å². The van der Waals surface area contributed by atoms with Gasteiger partial charge in [-0.15, -0.1) is 0 Å². The Morgan fingerprint density at radius 1 is 1.18 bits per heavy atom. The third-order valence-corrected chi connectivity index (χ3v) is 7.70. The van der Waals surface area contributed by atoms with Gasteiger partial charge in [-0.2, -0.15) is 5.26 Å². The van der Waals surface area contributed by atoms with Crippen LogP contribution in [0.25, 0.3) is 11.1 Å². The normalized spacial score (nSPS) is 29.0. The van der Waals surface area contributed by atoms with Gasteiger partial charge in [0.25, 0.3) is 0 Å². The van der Waals surface area contributed by atoms with Gasteiger partial charge < -0.3 is 10.5 Å². The van der Waals surface area contributed by atoms with E-state index in [-0.39, 0.29) is 23.4 Å². The first-order valence-corrected chi connectivity index (χ1v) is 11.8. The molecule has 0 aliphatic heterocycles. The summed E-state index contributed by atoms with van der Waals surface area (Å²) in [6, 6.07) is 14.0. The number of hydrogen-bond acceptors (Lipinski definition) is 4. The van der Waals surface area contributed by atoms with Crippen molar-refractivity contribution in [1.29, 1.82) is 10.7 Å². The SMILES string of the molecule is COC1C(C)CC2(Cc3ccc(-c4cc(Cl)cc(C#N)c4)cc3C2N=C(C)C(=N)N)CC1C. The molecule has 5 nitrogen and oxygen atoms in total. The molecule has 0 amide bonds. The zero-order valence-corrected chi connectivity index (χ0v) is 20.4. The first-order valence-electron chi connectivity index (χ1n) is 11.4. The summed E-state index contributed by atoms with van der Waals surface area (Å²) in [5.41, 5.74) is 11.3. The Morgan fingerprint density at radius 2 is 1.88 bits per heavy atom. The number of nitrogens with two attached hydrogens (primary N) is 1. The van der Waals surface area contributed by atoms with Crippen molar-refractivity contribution >= 4 is 23.1 Å². The van der Waals surface area contributed by atoms with Gasteiger partial charge in [0.15, 0.2) is 0 Å². The van der Waals surface area contributed by atoms with Crippen molar-refractivity contribution in [2.24, 2.45) is 28.0 Å². The monoisotopic (exact) mass is 462 g/mol. The molecule has 4 rings (SSSR count). The van der Waals surface area contributed by atoms with Crippen LogP contribution in [0.5, 0.6) is 0 Å². The Balaban J connectivity index is 1.83. The minimum atomic E-state index is -0.0753. The van der Waals surface area contributed by atoms with E-state index in [0.717, 1.165) is 30.4 Å². The fraction of sp³-hybridized carbons (Fsp3) is 0.444.